The molecule has 0 saturated heterocycles. The van der Waals surface area contributed by atoms with Crippen molar-refractivity contribution in [2.24, 2.45) is 0 Å². The summed E-state index contributed by atoms with van der Waals surface area (Å²) in [5.74, 6) is 0.722. The van der Waals surface area contributed by atoms with Gasteiger partial charge in [-0.15, -0.1) is 0 Å². The lowest BCUT2D eigenvalue weighted by Crippen LogP contribution is -2.30. The molecule has 1 amide bonds. The molecule has 0 aliphatic heterocycles. The number of thiazole rings is 1. The maximum atomic E-state index is 12.9. The van der Waals surface area contributed by atoms with E-state index in [4.69, 9.17) is 4.98 Å². The van der Waals surface area contributed by atoms with E-state index in [1.54, 1.807) is 30.1 Å². The van der Waals surface area contributed by atoms with Crippen LogP contribution in [0.3, 0.4) is 0 Å². The Bertz CT molecular complexity index is 1400. The third-order valence-electron chi connectivity index (χ3n) is 5.96. The first kappa shape index (κ1) is 24.3. The molecular formula is C24H29N5O3S2. The topological polar surface area (TPSA) is 88.4 Å². The van der Waals surface area contributed by atoms with Crippen LogP contribution < -0.4 is 4.90 Å². The summed E-state index contributed by atoms with van der Waals surface area (Å²) in [5, 5.41) is 0.668. The summed E-state index contributed by atoms with van der Waals surface area (Å²) in [5.41, 5.74) is 2.37. The van der Waals surface area contributed by atoms with Gasteiger partial charge in [-0.25, -0.2) is 18.4 Å². The number of sulfonamides is 1. The highest BCUT2D eigenvalue weighted by molar-refractivity contribution is 7.89. The van der Waals surface area contributed by atoms with Gasteiger partial charge in [0.05, 0.1) is 26.1 Å². The second-order valence-corrected chi connectivity index (χ2v) is 10.9. The zero-order valence-corrected chi connectivity index (χ0v) is 21.5. The summed E-state index contributed by atoms with van der Waals surface area (Å²) in [6.07, 6.45) is 0.731. The van der Waals surface area contributed by atoms with Gasteiger partial charge in [0, 0.05) is 39.5 Å². The minimum absolute atomic E-state index is 0.0430. The summed E-state index contributed by atoms with van der Waals surface area (Å²) in [6, 6.07) is 12.9. The zero-order valence-electron chi connectivity index (χ0n) is 19.9. The van der Waals surface area contributed by atoms with Gasteiger partial charge in [0.15, 0.2) is 5.13 Å². The Labute approximate surface area is 203 Å². The summed E-state index contributed by atoms with van der Waals surface area (Å²) >= 11 is 1.49. The van der Waals surface area contributed by atoms with Gasteiger partial charge in [0.2, 0.25) is 15.9 Å². The normalized spacial score (nSPS) is 12.1. The van der Waals surface area contributed by atoms with E-state index in [0.29, 0.717) is 36.7 Å². The number of imidazole rings is 1. The van der Waals surface area contributed by atoms with Crippen LogP contribution in [0.5, 0.6) is 0 Å². The lowest BCUT2D eigenvalue weighted by atomic mass is 10.2. The molecule has 0 saturated carbocycles. The van der Waals surface area contributed by atoms with E-state index in [9.17, 15) is 13.2 Å². The molecule has 0 bridgehead atoms. The number of hydrogen-bond donors (Lipinski definition) is 0. The van der Waals surface area contributed by atoms with E-state index >= 15 is 0 Å². The Morgan fingerprint density at radius 3 is 2.44 bits per heavy atom. The second kappa shape index (κ2) is 9.81. The van der Waals surface area contributed by atoms with Crippen molar-refractivity contribution in [3.05, 3.63) is 48.3 Å². The van der Waals surface area contributed by atoms with Crippen LogP contribution in [0.4, 0.5) is 5.13 Å². The first-order chi connectivity index (χ1) is 16.3. The molecule has 180 valence electrons. The van der Waals surface area contributed by atoms with Crippen LogP contribution in [0.25, 0.3) is 21.3 Å². The first-order valence-electron chi connectivity index (χ1n) is 11.4. The van der Waals surface area contributed by atoms with Crippen molar-refractivity contribution < 1.29 is 13.2 Å². The lowest BCUT2D eigenvalue weighted by molar-refractivity contribution is -0.118. The van der Waals surface area contributed by atoms with Crippen molar-refractivity contribution >= 4 is 53.6 Å². The molecule has 0 N–H and O–H groups in total. The Kier molecular flexibility index (Phi) is 7.01. The number of hydrogen-bond acceptors (Lipinski definition) is 6. The molecule has 34 heavy (non-hydrogen) atoms. The monoisotopic (exact) mass is 499 g/mol. The third-order valence-corrected chi connectivity index (χ3v) is 9.12. The highest BCUT2D eigenvalue weighted by Gasteiger charge is 2.23. The molecule has 0 spiro atoms. The molecule has 0 fully saturated rings. The number of aromatic nitrogens is 3. The first-order valence-corrected chi connectivity index (χ1v) is 13.7. The highest BCUT2D eigenvalue weighted by Crippen LogP contribution is 2.28. The molecule has 0 atom stereocenters. The Hall–Kier alpha value is -2.82. The summed E-state index contributed by atoms with van der Waals surface area (Å²) in [7, 11) is -1.82. The molecule has 2 aromatic carbocycles. The molecular weight excluding hydrogens is 470 g/mol. The molecule has 0 unspecified atom stereocenters. The minimum atomic E-state index is -3.56. The fourth-order valence-electron chi connectivity index (χ4n) is 4.07. The number of amides is 1. The van der Waals surface area contributed by atoms with Gasteiger partial charge < -0.3 is 4.57 Å². The minimum Gasteiger partial charge on any atom is -0.328 e. The summed E-state index contributed by atoms with van der Waals surface area (Å²) < 4.78 is 30.4. The van der Waals surface area contributed by atoms with Crippen molar-refractivity contribution in [1.29, 1.82) is 0 Å². The number of aryl methyl sites for hydroxylation is 2. The van der Waals surface area contributed by atoms with Crippen molar-refractivity contribution in [3.8, 4) is 0 Å². The standard InChI is InChI=1S/C24H29N5O3S2/c1-5-28(6-2)34(31,32)17-12-13-20-19(16-17)25-22(29(20)7-3)14-15-23(30)27(4)24-26-18-10-8-9-11-21(18)33-24/h8-13,16H,5-7,14-15H2,1-4H3. The predicted octanol–water partition coefficient (Wildman–Crippen LogP) is 4.29. The van der Waals surface area contributed by atoms with E-state index in [1.165, 1.54) is 15.6 Å². The number of nitrogens with zero attached hydrogens (tertiary/aromatic N) is 5. The number of anilines is 1. The largest absolute Gasteiger partial charge is 0.328 e. The van der Waals surface area contributed by atoms with Crippen molar-refractivity contribution in [3.63, 3.8) is 0 Å². The Morgan fingerprint density at radius 2 is 1.76 bits per heavy atom. The zero-order chi connectivity index (χ0) is 24.5. The van der Waals surface area contributed by atoms with Crippen molar-refractivity contribution in [1.82, 2.24) is 18.8 Å². The smallest absolute Gasteiger partial charge is 0.243 e. The maximum absolute atomic E-state index is 12.9. The van der Waals surface area contributed by atoms with Gasteiger partial charge in [0.1, 0.15) is 5.82 Å². The molecule has 4 aromatic rings. The average molecular weight is 500 g/mol. The Morgan fingerprint density at radius 1 is 1.03 bits per heavy atom. The molecule has 0 aliphatic rings. The number of fused-ring (bicyclic) bond motifs is 2. The number of rotatable bonds is 9. The molecule has 4 rings (SSSR count). The van der Waals surface area contributed by atoms with Crippen LogP contribution in [0.15, 0.2) is 47.4 Å². The number of benzene rings is 2. The van der Waals surface area contributed by atoms with Crippen LogP contribution in [-0.2, 0) is 27.8 Å². The van der Waals surface area contributed by atoms with Gasteiger partial charge in [-0.05, 0) is 37.3 Å². The fourth-order valence-corrected chi connectivity index (χ4v) is 6.50. The molecule has 2 heterocycles. The molecule has 2 aromatic heterocycles. The van der Waals surface area contributed by atoms with Gasteiger partial charge >= 0.3 is 0 Å². The SMILES string of the molecule is CCN(CC)S(=O)(=O)c1ccc2c(c1)nc(CCC(=O)N(C)c1nc3ccccc3s1)n2CC. The van der Waals surface area contributed by atoms with Crippen LogP contribution in [0.2, 0.25) is 0 Å². The third kappa shape index (κ3) is 4.45. The number of carbonyl (C=O) groups is 1. The van der Waals surface area contributed by atoms with Gasteiger partial charge in [-0.1, -0.05) is 37.3 Å². The van der Waals surface area contributed by atoms with Crippen LogP contribution >= 0.6 is 11.3 Å². The van der Waals surface area contributed by atoms with Crippen LogP contribution in [0.1, 0.15) is 33.0 Å². The van der Waals surface area contributed by atoms with Crippen LogP contribution in [-0.4, -0.2) is 53.3 Å². The van der Waals surface area contributed by atoms with Crippen molar-refractivity contribution in [2.75, 3.05) is 25.0 Å². The molecule has 0 radical (unpaired) electrons. The quantitative estimate of drug-likeness (QED) is 0.343. The van der Waals surface area contributed by atoms with Gasteiger partial charge in [-0.2, -0.15) is 4.31 Å². The fraction of sp³-hybridized carbons (Fsp3) is 0.375. The lowest BCUT2D eigenvalue weighted by Gasteiger charge is -2.18. The molecule has 10 heteroatoms. The van der Waals surface area contributed by atoms with Gasteiger partial charge in [-0.3, -0.25) is 9.69 Å². The van der Waals surface area contributed by atoms with E-state index in [-0.39, 0.29) is 17.2 Å². The van der Waals surface area contributed by atoms with E-state index in [0.717, 1.165) is 21.6 Å². The number of para-hydroxylation sites is 1. The summed E-state index contributed by atoms with van der Waals surface area (Å²) in [6.45, 7) is 7.17. The number of carbonyl (C=O) groups excluding carboxylic acids is 1. The average Bonchev–Trinajstić information content (AvgIpc) is 3.43. The second-order valence-electron chi connectivity index (χ2n) is 7.93. The van der Waals surface area contributed by atoms with Gasteiger partial charge in [0.25, 0.3) is 0 Å². The molecule has 0 aliphatic carbocycles. The van der Waals surface area contributed by atoms with E-state index in [1.807, 2.05) is 49.6 Å². The summed E-state index contributed by atoms with van der Waals surface area (Å²) in [4.78, 5) is 24.0. The van der Waals surface area contributed by atoms with E-state index in [2.05, 4.69) is 4.98 Å². The highest BCUT2D eigenvalue weighted by atomic mass is 32.2. The van der Waals surface area contributed by atoms with Crippen molar-refractivity contribution in [2.45, 2.75) is 45.1 Å². The maximum Gasteiger partial charge on any atom is 0.243 e. The Balaban J connectivity index is 1.56. The van der Waals surface area contributed by atoms with Crippen LogP contribution in [0, 0.1) is 0 Å². The van der Waals surface area contributed by atoms with E-state index < -0.39 is 10.0 Å². The molecule has 8 nitrogen and oxygen atoms in total. The predicted molar refractivity (Wildman–Crippen MR) is 137 cm³/mol.